The summed E-state index contributed by atoms with van der Waals surface area (Å²) in [5, 5.41) is 5.91. The van der Waals surface area contributed by atoms with E-state index in [0.29, 0.717) is 6.54 Å². The number of piperidine rings is 1. The van der Waals surface area contributed by atoms with E-state index in [2.05, 4.69) is 15.6 Å². The van der Waals surface area contributed by atoms with Crippen LogP contribution in [0.4, 0.5) is 13.2 Å². The van der Waals surface area contributed by atoms with Crippen LogP contribution in [0.1, 0.15) is 28.9 Å². The summed E-state index contributed by atoms with van der Waals surface area (Å²) in [6.45, 7) is 1.61. The van der Waals surface area contributed by atoms with Gasteiger partial charge in [0.05, 0.1) is 5.56 Å². The number of nitrogens with zero attached hydrogens (tertiary/aromatic N) is 1. The molecule has 1 fully saturated rings. The van der Waals surface area contributed by atoms with Gasteiger partial charge in [-0.2, -0.15) is 13.2 Å². The molecule has 0 radical (unpaired) electrons. The lowest BCUT2D eigenvalue weighted by atomic mass is 10.1. The van der Waals surface area contributed by atoms with Crippen LogP contribution in [0.5, 0.6) is 0 Å². The molecule has 2 rings (SSSR count). The Kier molecular flexibility index (Phi) is 7.99. The summed E-state index contributed by atoms with van der Waals surface area (Å²) in [7, 11) is 0. The Labute approximate surface area is 132 Å². The number of alkyl halides is 3. The van der Waals surface area contributed by atoms with Crippen LogP contribution in [0, 0.1) is 0 Å². The van der Waals surface area contributed by atoms with Gasteiger partial charge in [0.25, 0.3) is 5.91 Å². The number of carbonyl (C=O) groups excluding carboxylic acids is 1. The van der Waals surface area contributed by atoms with Gasteiger partial charge in [0, 0.05) is 18.8 Å². The Hall–Kier alpha value is -1.05. The normalized spacial score (nSPS) is 18.1. The molecule has 1 atom stereocenters. The van der Waals surface area contributed by atoms with Gasteiger partial charge in [-0.3, -0.25) is 9.78 Å². The molecule has 4 nitrogen and oxygen atoms in total. The van der Waals surface area contributed by atoms with Gasteiger partial charge in [-0.25, -0.2) is 0 Å². The minimum atomic E-state index is -4.48. The van der Waals surface area contributed by atoms with Crippen molar-refractivity contribution in [1.82, 2.24) is 15.6 Å². The van der Waals surface area contributed by atoms with Gasteiger partial charge in [0.15, 0.2) is 0 Å². The maximum absolute atomic E-state index is 12.3. The average molecular weight is 346 g/mol. The second-order valence-electron chi connectivity index (χ2n) is 4.45. The molecule has 0 aromatic carbocycles. The highest BCUT2D eigenvalue weighted by Gasteiger charge is 2.32. The molecule has 2 N–H and O–H groups in total. The zero-order valence-corrected chi connectivity index (χ0v) is 12.6. The number of hydrogen-bond acceptors (Lipinski definition) is 3. The molecule has 120 valence electrons. The second-order valence-corrected chi connectivity index (χ2v) is 4.45. The molecular formula is C12H16Cl2F3N3O. The maximum atomic E-state index is 12.3. The number of carbonyl (C=O) groups is 1. The molecule has 0 spiro atoms. The van der Waals surface area contributed by atoms with Crippen molar-refractivity contribution in [2.45, 2.75) is 25.1 Å². The van der Waals surface area contributed by atoms with Crippen molar-refractivity contribution < 1.29 is 18.0 Å². The van der Waals surface area contributed by atoms with Gasteiger partial charge in [-0.1, -0.05) is 0 Å². The molecular weight excluding hydrogens is 330 g/mol. The number of amides is 1. The van der Waals surface area contributed by atoms with E-state index >= 15 is 0 Å². The first-order chi connectivity index (χ1) is 8.97. The first-order valence-corrected chi connectivity index (χ1v) is 6.01. The summed E-state index contributed by atoms with van der Waals surface area (Å²) in [5.74, 6) is -0.394. The minimum absolute atomic E-state index is 0. The van der Waals surface area contributed by atoms with Crippen LogP contribution >= 0.6 is 24.8 Å². The topological polar surface area (TPSA) is 54.0 Å². The third-order valence-electron chi connectivity index (χ3n) is 2.95. The van der Waals surface area contributed by atoms with Gasteiger partial charge >= 0.3 is 6.18 Å². The maximum Gasteiger partial charge on any atom is 0.433 e. The van der Waals surface area contributed by atoms with E-state index in [4.69, 9.17) is 0 Å². The number of halogens is 5. The van der Waals surface area contributed by atoms with Crippen molar-refractivity contribution in [3.8, 4) is 0 Å². The molecule has 0 aliphatic carbocycles. The van der Waals surface area contributed by atoms with E-state index in [1.807, 2.05) is 0 Å². The van der Waals surface area contributed by atoms with Gasteiger partial charge in [-0.05, 0) is 31.5 Å². The number of nitrogens with one attached hydrogen (secondary N) is 2. The third-order valence-corrected chi connectivity index (χ3v) is 2.95. The van der Waals surface area contributed by atoms with E-state index in [0.717, 1.165) is 37.7 Å². The van der Waals surface area contributed by atoms with Crippen molar-refractivity contribution in [3.05, 3.63) is 29.6 Å². The van der Waals surface area contributed by atoms with Crippen LogP contribution in [0.2, 0.25) is 0 Å². The van der Waals surface area contributed by atoms with Crippen LogP contribution in [-0.2, 0) is 6.18 Å². The van der Waals surface area contributed by atoms with Crippen molar-refractivity contribution in [2.75, 3.05) is 13.1 Å². The SMILES string of the molecule is Cl.Cl.O=C(N[C@H]1CCCNC1)c1ccc(C(F)(F)F)nc1. The number of aromatic nitrogens is 1. The monoisotopic (exact) mass is 345 g/mol. The second kappa shape index (κ2) is 8.41. The largest absolute Gasteiger partial charge is 0.433 e. The van der Waals surface area contributed by atoms with Crippen LogP contribution in [0.15, 0.2) is 18.3 Å². The van der Waals surface area contributed by atoms with Crippen LogP contribution < -0.4 is 10.6 Å². The molecule has 0 unspecified atom stereocenters. The van der Waals surface area contributed by atoms with E-state index < -0.39 is 17.8 Å². The predicted octanol–water partition coefficient (Wildman–Crippen LogP) is 2.43. The number of rotatable bonds is 2. The molecule has 21 heavy (non-hydrogen) atoms. The van der Waals surface area contributed by atoms with E-state index in [1.165, 1.54) is 0 Å². The first kappa shape index (κ1) is 19.9. The van der Waals surface area contributed by atoms with Crippen molar-refractivity contribution in [1.29, 1.82) is 0 Å². The van der Waals surface area contributed by atoms with Gasteiger partial charge in [-0.15, -0.1) is 24.8 Å². The summed E-state index contributed by atoms with van der Waals surface area (Å²) in [6.07, 6.45) is -1.69. The lowest BCUT2D eigenvalue weighted by molar-refractivity contribution is -0.141. The lowest BCUT2D eigenvalue weighted by Gasteiger charge is -2.23. The molecule has 1 aliphatic rings. The quantitative estimate of drug-likeness (QED) is 0.865. The fraction of sp³-hybridized carbons (Fsp3) is 0.500. The molecule has 0 bridgehead atoms. The molecule has 1 aromatic heterocycles. The molecule has 1 aromatic rings. The highest BCUT2D eigenvalue weighted by atomic mass is 35.5. The summed E-state index contributed by atoms with van der Waals surface area (Å²) in [5.41, 5.74) is -0.859. The summed E-state index contributed by atoms with van der Waals surface area (Å²) < 4.78 is 37.0. The third kappa shape index (κ3) is 5.68. The Morgan fingerprint density at radius 2 is 2.05 bits per heavy atom. The molecule has 2 heterocycles. The smallest absolute Gasteiger partial charge is 0.348 e. The minimum Gasteiger partial charge on any atom is -0.348 e. The molecule has 1 aliphatic heterocycles. The summed E-state index contributed by atoms with van der Waals surface area (Å²) >= 11 is 0. The molecule has 9 heteroatoms. The summed E-state index contributed by atoms with van der Waals surface area (Å²) in [4.78, 5) is 15.1. The summed E-state index contributed by atoms with van der Waals surface area (Å²) in [6, 6.07) is 1.97. The zero-order chi connectivity index (χ0) is 13.9. The van der Waals surface area contributed by atoms with Crippen LogP contribution in [0.3, 0.4) is 0 Å². The van der Waals surface area contributed by atoms with Crippen molar-refractivity contribution in [3.63, 3.8) is 0 Å². The highest BCUT2D eigenvalue weighted by molar-refractivity contribution is 5.94. The average Bonchev–Trinajstić information content (AvgIpc) is 2.39. The van der Waals surface area contributed by atoms with E-state index in [-0.39, 0.29) is 36.4 Å². The van der Waals surface area contributed by atoms with Gasteiger partial charge in [0.2, 0.25) is 0 Å². The fourth-order valence-corrected chi connectivity index (χ4v) is 1.94. The molecule has 0 saturated carbocycles. The Balaban J connectivity index is 0.00000200. The van der Waals surface area contributed by atoms with Crippen molar-refractivity contribution >= 4 is 30.7 Å². The zero-order valence-electron chi connectivity index (χ0n) is 10.9. The van der Waals surface area contributed by atoms with E-state index in [9.17, 15) is 18.0 Å². The standard InChI is InChI=1S/C12H14F3N3O.2ClH/c13-12(14,15)10-4-3-8(6-17-10)11(19)18-9-2-1-5-16-7-9;;/h3-4,6,9,16H,1-2,5,7H2,(H,18,19);2*1H/t9-;;/m0../s1. The Morgan fingerprint density at radius 1 is 1.33 bits per heavy atom. The van der Waals surface area contributed by atoms with Gasteiger partial charge < -0.3 is 10.6 Å². The predicted molar refractivity (Wildman–Crippen MR) is 77.1 cm³/mol. The van der Waals surface area contributed by atoms with Crippen LogP contribution in [0.25, 0.3) is 0 Å². The lowest BCUT2D eigenvalue weighted by Crippen LogP contribution is -2.45. The highest BCUT2D eigenvalue weighted by Crippen LogP contribution is 2.27. The van der Waals surface area contributed by atoms with E-state index in [1.54, 1.807) is 0 Å². The van der Waals surface area contributed by atoms with Crippen LogP contribution in [-0.4, -0.2) is 30.0 Å². The van der Waals surface area contributed by atoms with Gasteiger partial charge in [0.1, 0.15) is 5.69 Å². The first-order valence-electron chi connectivity index (χ1n) is 6.01. The fourth-order valence-electron chi connectivity index (χ4n) is 1.94. The van der Waals surface area contributed by atoms with Crippen molar-refractivity contribution in [2.24, 2.45) is 0 Å². The number of pyridine rings is 1. The molecule has 1 saturated heterocycles. The Morgan fingerprint density at radius 3 is 2.52 bits per heavy atom. The number of hydrogen-bond donors (Lipinski definition) is 2. The molecule has 1 amide bonds. The Bertz CT molecular complexity index is 448.